The molecule has 0 spiro atoms. The summed E-state index contributed by atoms with van der Waals surface area (Å²) < 4.78 is 10.4. The Morgan fingerprint density at radius 2 is 2.21 bits per heavy atom. The monoisotopic (exact) mass is 278 g/mol. The van der Waals surface area contributed by atoms with E-state index in [1.54, 1.807) is 25.8 Å². The largest absolute Gasteiger partial charge is 0.497 e. The molecule has 2 rings (SSSR count). The maximum Gasteiger partial charge on any atom is 0.205 e. The van der Waals surface area contributed by atoms with Crippen molar-refractivity contribution in [3.63, 3.8) is 0 Å². The second-order valence-electron chi connectivity index (χ2n) is 3.56. The maximum absolute atomic E-state index is 5.52. The molecule has 0 aliphatic heterocycles. The van der Waals surface area contributed by atoms with Gasteiger partial charge in [-0.2, -0.15) is 5.10 Å². The number of thiazole rings is 1. The standard InChI is InChI=1S/C12H14N4O2S/c1-17-9-3-4-10(18-2)8(5-9)6-14-16-12-15-11(13)7-19-12/h3-7H,13H2,1-2H3,(H,15,16). The van der Waals surface area contributed by atoms with E-state index >= 15 is 0 Å². The van der Waals surface area contributed by atoms with Gasteiger partial charge in [0.15, 0.2) is 0 Å². The molecule has 100 valence electrons. The number of nitrogens with one attached hydrogen (secondary N) is 1. The Morgan fingerprint density at radius 1 is 1.37 bits per heavy atom. The van der Waals surface area contributed by atoms with Crippen LogP contribution in [0.1, 0.15) is 5.56 Å². The second kappa shape index (κ2) is 6.05. The molecule has 0 bridgehead atoms. The zero-order chi connectivity index (χ0) is 13.7. The number of rotatable bonds is 5. The molecule has 19 heavy (non-hydrogen) atoms. The molecule has 7 heteroatoms. The first kappa shape index (κ1) is 13.2. The molecule has 0 unspecified atom stereocenters. The predicted molar refractivity (Wildman–Crippen MR) is 77.3 cm³/mol. The van der Waals surface area contributed by atoms with Gasteiger partial charge in [0, 0.05) is 10.9 Å². The molecule has 1 heterocycles. The van der Waals surface area contributed by atoms with E-state index in [2.05, 4.69) is 15.5 Å². The van der Waals surface area contributed by atoms with Crippen LogP contribution in [-0.4, -0.2) is 25.4 Å². The summed E-state index contributed by atoms with van der Waals surface area (Å²) in [6.07, 6.45) is 1.64. The molecule has 0 aliphatic rings. The van der Waals surface area contributed by atoms with Crippen LogP contribution in [0.15, 0.2) is 28.7 Å². The van der Waals surface area contributed by atoms with Crippen LogP contribution < -0.4 is 20.6 Å². The molecule has 0 saturated carbocycles. The quantitative estimate of drug-likeness (QED) is 0.647. The lowest BCUT2D eigenvalue weighted by atomic mass is 10.2. The Hall–Kier alpha value is -2.28. The fraction of sp³-hybridized carbons (Fsp3) is 0.167. The predicted octanol–water partition coefficient (Wildman–Crippen LogP) is 2.19. The van der Waals surface area contributed by atoms with Crippen LogP contribution in [0.4, 0.5) is 10.9 Å². The summed E-state index contributed by atoms with van der Waals surface area (Å²) in [4.78, 5) is 4.03. The molecule has 0 amide bonds. The third-order valence-electron chi connectivity index (χ3n) is 2.32. The number of hydrogen-bond donors (Lipinski definition) is 2. The van der Waals surface area contributed by atoms with Crippen LogP contribution in [0.2, 0.25) is 0 Å². The highest BCUT2D eigenvalue weighted by atomic mass is 32.1. The number of methoxy groups -OCH3 is 2. The minimum atomic E-state index is 0.474. The molecular weight excluding hydrogens is 264 g/mol. The average molecular weight is 278 g/mol. The van der Waals surface area contributed by atoms with Crippen LogP contribution in [0.5, 0.6) is 11.5 Å². The first-order chi connectivity index (χ1) is 9.22. The summed E-state index contributed by atoms with van der Waals surface area (Å²) in [6.45, 7) is 0. The number of nitrogen functional groups attached to an aromatic ring is 1. The van der Waals surface area contributed by atoms with Gasteiger partial charge < -0.3 is 15.2 Å². The lowest BCUT2D eigenvalue weighted by molar-refractivity contribution is 0.402. The molecule has 1 aromatic heterocycles. The number of hydrazone groups is 1. The lowest BCUT2D eigenvalue weighted by Crippen LogP contribution is -1.95. The summed E-state index contributed by atoms with van der Waals surface area (Å²) in [7, 11) is 3.22. The number of benzene rings is 1. The Labute approximate surface area is 114 Å². The fourth-order valence-corrected chi connectivity index (χ4v) is 1.98. The van der Waals surface area contributed by atoms with Gasteiger partial charge in [-0.1, -0.05) is 0 Å². The van der Waals surface area contributed by atoms with Crippen molar-refractivity contribution in [1.29, 1.82) is 0 Å². The van der Waals surface area contributed by atoms with Crippen LogP contribution in [-0.2, 0) is 0 Å². The maximum atomic E-state index is 5.52. The number of aromatic nitrogens is 1. The van der Waals surface area contributed by atoms with Gasteiger partial charge in [-0.15, -0.1) is 11.3 Å². The zero-order valence-electron chi connectivity index (χ0n) is 10.6. The normalized spacial score (nSPS) is 10.6. The third kappa shape index (κ3) is 3.35. The first-order valence-corrected chi connectivity index (χ1v) is 6.33. The van der Waals surface area contributed by atoms with Crippen molar-refractivity contribution in [3.05, 3.63) is 29.1 Å². The minimum absolute atomic E-state index is 0.474. The molecule has 6 nitrogen and oxygen atoms in total. The third-order valence-corrected chi connectivity index (χ3v) is 3.09. The van der Waals surface area contributed by atoms with Gasteiger partial charge in [-0.3, -0.25) is 5.43 Å². The Bertz CT molecular complexity index is 583. The van der Waals surface area contributed by atoms with Crippen molar-refractivity contribution in [3.8, 4) is 11.5 Å². The number of ether oxygens (including phenoxy) is 2. The van der Waals surface area contributed by atoms with Crippen molar-refractivity contribution in [1.82, 2.24) is 4.98 Å². The molecule has 2 aromatic rings. The minimum Gasteiger partial charge on any atom is -0.497 e. The van der Waals surface area contributed by atoms with E-state index in [-0.39, 0.29) is 0 Å². The molecule has 0 saturated heterocycles. The molecule has 3 N–H and O–H groups in total. The highest BCUT2D eigenvalue weighted by molar-refractivity contribution is 7.14. The summed E-state index contributed by atoms with van der Waals surface area (Å²) in [5, 5.41) is 6.47. The lowest BCUT2D eigenvalue weighted by Gasteiger charge is -2.06. The molecule has 0 atom stereocenters. The summed E-state index contributed by atoms with van der Waals surface area (Å²) in [5.41, 5.74) is 9.12. The van der Waals surface area contributed by atoms with Gasteiger partial charge in [0.1, 0.15) is 17.3 Å². The Balaban J connectivity index is 2.12. The van der Waals surface area contributed by atoms with Crippen LogP contribution in [0.25, 0.3) is 0 Å². The molecule has 0 aliphatic carbocycles. The highest BCUT2D eigenvalue weighted by Gasteiger charge is 2.02. The topological polar surface area (TPSA) is 81.8 Å². The van der Waals surface area contributed by atoms with Crippen molar-refractivity contribution in [2.45, 2.75) is 0 Å². The van der Waals surface area contributed by atoms with E-state index in [0.717, 1.165) is 11.3 Å². The van der Waals surface area contributed by atoms with Gasteiger partial charge in [0.2, 0.25) is 5.13 Å². The van der Waals surface area contributed by atoms with Gasteiger partial charge in [0.25, 0.3) is 0 Å². The van der Waals surface area contributed by atoms with E-state index in [1.807, 2.05) is 18.2 Å². The van der Waals surface area contributed by atoms with E-state index < -0.39 is 0 Å². The van der Waals surface area contributed by atoms with Crippen LogP contribution in [0, 0.1) is 0 Å². The molecule has 1 aromatic carbocycles. The Morgan fingerprint density at radius 3 is 2.84 bits per heavy atom. The van der Waals surface area contributed by atoms with Crippen molar-refractivity contribution in [2.24, 2.45) is 5.10 Å². The molecule has 0 radical (unpaired) electrons. The van der Waals surface area contributed by atoms with Gasteiger partial charge in [-0.05, 0) is 18.2 Å². The van der Waals surface area contributed by atoms with E-state index in [4.69, 9.17) is 15.2 Å². The number of nitrogens with two attached hydrogens (primary N) is 1. The number of anilines is 2. The van der Waals surface area contributed by atoms with Crippen LogP contribution >= 0.6 is 11.3 Å². The van der Waals surface area contributed by atoms with E-state index in [9.17, 15) is 0 Å². The first-order valence-electron chi connectivity index (χ1n) is 5.45. The summed E-state index contributed by atoms with van der Waals surface area (Å²) in [6, 6.07) is 5.48. The number of nitrogens with zero attached hydrogens (tertiary/aromatic N) is 2. The molecular formula is C12H14N4O2S. The smallest absolute Gasteiger partial charge is 0.205 e. The average Bonchev–Trinajstić information content (AvgIpc) is 2.84. The van der Waals surface area contributed by atoms with Gasteiger partial charge in [-0.25, -0.2) is 4.98 Å². The summed E-state index contributed by atoms with van der Waals surface area (Å²) in [5.74, 6) is 1.92. The van der Waals surface area contributed by atoms with Gasteiger partial charge >= 0.3 is 0 Å². The van der Waals surface area contributed by atoms with Crippen molar-refractivity contribution in [2.75, 3.05) is 25.4 Å². The Kier molecular flexibility index (Phi) is 4.19. The van der Waals surface area contributed by atoms with Crippen LogP contribution in [0.3, 0.4) is 0 Å². The van der Waals surface area contributed by atoms with E-state index in [1.165, 1.54) is 11.3 Å². The zero-order valence-corrected chi connectivity index (χ0v) is 11.4. The fourth-order valence-electron chi connectivity index (χ4n) is 1.43. The molecule has 0 fully saturated rings. The number of hydrogen-bond acceptors (Lipinski definition) is 7. The second-order valence-corrected chi connectivity index (χ2v) is 4.41. The van der Waals surface area contributed by atoms with E-state index in [0.29, 0.717) is 16.7 Å². The van der Waals surface area contributed by atoms with Crippen molar-refractivity contribution >= 4 is 28.5 Å². The summed E-state index contributed by atoms with van der Waals surface area (Å²) >= 11 is 1.39. The van der Waals surface area contributed by atoms with Gasteiger partial charge in [0.05, 0.1) is 20.4 Å². The SMILES string of the molecule is COc1ccc(OC)c(C=NNc2nc(N)cs2)c1. The van der Waals surface area contributed by atoms with Crippen molar-refractivity contribution < 1.29 is 9.47 Å². The highest BCUT2D eigenvalue weighted by Crippen LogP contribution is 2.22.